The average molecular weight is 489 g/mol. The highest BCUT2D eigenvalue weighted by Gasteiger charge is 2.14. The lowest BCUT2D eigenvalue weighted by Gasteiger charge is -2.13. The summed E-state index contributed by atoms with van der Waals surface area (Å²) in [6.45, 7) is 1.81. The zero-order valence-electron chi connectivity index (χ0n) is 17.0. The first-order valence-corrected chi connectivity index (χ1v) is 10.0. The van der Waals surface area contributed by atoms with Crippen molar-refractivity contribution >= 4 is 33.9 Å². The summed E-state index contributed by atoms with van der Waals surface area (Å²) in [4.78, 5) is 23.3. The molecule has 2 N–H and O–H groups in total. The molecule has 0 bridgehead atoms. The standard InChI is InChI=1S/C22H21BrN2O6/c1-3-30-19-9-15(18(23)10-20(19)31-13-21(26)27)8-16(11-24)22(28)25-12-14-4-6-17(29-2)7-5-14/h4-10H,3,12-13H2,1-2H3,(H,25,28)(H,26,27)/b16-8-. The molecule has 162 valence electrons. The molecule has 2 aromatic carbocycles. The van der Waals surface area contributed by atoms with E-state index < -0.39 is 18.5 Å². The molecule has 31 heavy (non-hydrogen) atoms. The van der Waals surface area contributed by atoms with E-state index in [2.05, 4.69) is 21.2 Å². The van der Waals surface area contributed by atoms with E-state index in [-0.39, 0.29) is 17.9 Å². The van der Waals surface area contributed by atoms with Crippen LogP contribution in [0.5, 0.6) is 17.2 Å². The van der Waals surface area contributed by atoms with Gasteiger partial charge in [0.15, 0.2) is 18.1 Å². The third kappa shape index (κ3) is 7.04. The van der Waals surface area contributed by atoms with E-state index in [1.165, 1.54) is 12.1 Å². The third-order valence-corrected chi connectivity index (χ3v) is 4.68. The molecule has 0 spiro atoms. The molecule has 9 heteroatoms. The average Bonchev–Trinajstić information content (AvgIpc) is 2.76. The number of nitriles is 1. The summed E-state index contributed by atoms with van der Waals surface area (Å²) in [6, 6.07) is 12.2. The number of nitrogens with zero attached hydrogens (tertiary/aromatic N) is 1. The van der Waals surface area contributed by atoms with Crippen molar-refractivity contribution in [2.24, 2.45) is 0 Å². The Kier molecular flexibility index (Phi) is 8.91. The Morgan fingerprint density at radius 2 is 1.87 bits per heavy atom. The van der Waals surface area contributed by atoms with Crippen molar-refractivity contribution in [2.45, 2.75) is 13.5 Å². The minimum absolute atomic E-state index is 0.101. The number of carbonyl (C=O) groups is 2. The second kappa shape index (κ2) is 11.6. The summed E-state index contributed by atoms with van der Waals surface area (Å²) in [5.41, 5.74) is 1.25. The fourth-order valence-electron chi connectivity index (χ4n) is 2.51. The van der Waals surface area contributed by atoms with Gasteiger partial charge in [-0.25, -0.2) is 4.79 Å². The predicted octanol–water partition coefficient (Wildman–Crippen LogP) is 3.54. The maximum atomic E-state index is 12.5. The number of ether oxygens (including phenoxy) is 3. The molecule has 0 saturated carbocycles. The molecule has 8 nitrogen and oxygen atoms in total. The first-order chi connectivity index (χ1) is 14.9. The summed E-state index contributed by atoms with van der Waals surface area (Å²) in [6.07, 6.45) is 1.41. The number of carboxylic acids is 1. The van der Waals surface area contributed by atoms with E-state index in [9.17, 15) is 14.9 Å². The molecule has 0 aliphatic heterocycles. The van der Waals surface area contributed by atoms with Gasteiger partial charge < -0.3 is 24.6 Å². The molecule has 0 aliphatic rings. The van der Waals surface area contributed by atoms with Crippen LogP contribution >= 0.6 is 15.9 Å². The lowest BCUT2D eigenvalue weighted by molar-refractivity contribution is -0.139. The predicted molar refractivity (Wildman–Crippen MR) is 117 cm³/mol. The fraction of sp³-hybridized carbons (Fsp3) is 0.227. The van der Waals surface area contributed by atoms with Gasteiger partial charge in [0.2, 0.25) is 0 Å². The van der Waals surface area contributed by atoms with Crippen LogP contribution in [0.2, 0.25) is 0 Å². The fourth-order valence-corrected chi connectivity index (χ4v) is 2.94. The van der Waals surface area contributed by atoms with E-state index in [1.54, 1.807) is 32.2 Å². The quantitative estimate of drug-likeness (QED) is 0.387. The van der Waals surface area contributed by atoms with E-state index in [0.29, 0.717) is 28.1 Å². The Labute approximate surface area is 188 Å². The summed E-state index contributed by atoms with van der Waals surface area (Å²) < 4.78 is 16.3. The molecule has 0 saturated heterocycles. The maximum absolute atomic E-state index is 12.5. The highest BCUT2D eigenvalue weighted by Crippen LogP contribution is 2.35. The van der Waals surface area contributed by atoms with Crippen LogP contribution in [0.25, 0.3) is 6.08 Å². The molecular weight excluding hydrogens is 468 g/mol. The number of halogens is 1. The maximum Gasteiger partial charge on any atom is 0.341 e. The molecule has 0 fully saturated rings. The second-order valence-corrected chi connectivity index (χ2v) is 6.99. The first-order valence-electron chi connectivity index (χ1n) is 9.21. The Hall–Kier alpha value is -3.51. The molecule has 0 unspecified atom stereocenters. The molecule has 0 radical (unpaired) electrons. The lowest BCUT2D eigenvalue weighted by atomic mass is 10.1. The number of benzene rings is 2. The van der Waals surface area contributed by atoms with Gasteiger partial charge in [-0.3, -0.25) is 4.79 Å². The molecular formula is C22H21BrN2O6. The number of amides is 1. The number of methoxy groups -OCH3 is 1. The van der Waals surface area contributed by atoms with E-state index in [4.69, 9.17) is 19.3 Å². The number of nitrogens with one attached hydrogen (secondary N) is 1. The normalized spacial score (nSPS) is 10.7. The number of aliphatic carboxylic acids is 1. The zero-order chi connectivity index (χ0) is 22.8. The van der Waals surface area contributed by atoms with Gasteiger partial charge in [-0.2, -0.15) is 5.26 Å². The molecule has 0 atom stereocenters. The Morgan fingerprint density at radius 3 is 2.45 bits per heavy atom. The Balaban J connectivity index is 2.20. The van der Waals surface area contributed by atoms with Gasteiger partial charge in [0.25, 0.3) is 5.91 Å². The van der Waals surface area contributed by atoms with Crippen LogP contribution in [0, 0.1) is 11.3 Å². The number of carbonyl (C=O) groups excluding carboxylic acids is 1. The highest BCUT2D eigenvalue weighted by molar-refractivity contribution is 9.10. The van der Waals surface area contributed by atoms with Gasteiger partial charge in [0.1, 0.15) is 17.4 Å². The van der Waals surface area contributed by atoms with E-state index in [0.717, 1.165) is 5.56 Å². The zero-order valence-corrected chi connectivity index (χ0v) is 18.6. The van der Waals surface area contributed by atoms with Crippen molar-refractivity contribution in [1.82, 2.24) is 5.32 Å². The van der Waals surface area contributed by atoms with Crippen LogP contribution in [-0.2, 0) is 16.1 Å². The van der Waals surface area contributed by atoms with Crippen LogP contribution in [0.1, 0.15) is 18.1 Å². The minimum atomic E-state index is -1.12. The number of hydrogen-bond acceptors (Lipinski definition) is 6. The SMILES string of the molecule is CCOc1cc(/C=C(/C#N)C(=O)NCc2ccc(OC)cc2)c(Br)cc1OCC(=O)O. The minimum Gasteiger partial charge on any atom is -0.497 e. The number of carboxylic acid groups (broad SMARTS) is 1. The van der Waals surface area contributed by atoms with Gasteiger partial charge >= 0.3 is 5.97 Å². The van der Waals surface area contributed by atoms with Gasteiger partial charge in [0.05, 0.1) is 13.7 Å². The van der Waals surface area contributed by atoms with Crippen molar-refractivity contribution in [2.75, 3.05) is 20.3 Å². The van der Waals surface area contributed by atoms with Gasteiger partial charge in [-0.05, 0) is 48.4 Å². The summed E-state index contributed by atoms with van der Waals surface area (Å²) >= 11 is 3.35. The number of rotatable bonds is 10. The summed E-state index contributed by atoms with van der Waals surface area (Å²) in [5, 5.41) is 21.0. The van der Waals surface area contributed by atoms with Crippen LogP contribution < -0.4 is 19.5 Å². The molecule has 2 rings (SSSR count). The lowest BCUT2D eigenvalue weighted by Crippen LogP contribution is -2.23. The molecule has 2 aromatic rings. The largest absolute Gasteiger partial charge is 0.497 e. The van der Waals surface area contributed by atoms with E-state index in [1.807, 2.05) is 18.2 Å². The monoisotopic (exact) mass is 488 g/mol. The van der Waals surface area contributed by atoms with Crippen LogP contribution in [0.4, 0.5) is 0 Å². The molecule has 0 aliphatic carbocycles. The van der Waals surface area contributed by atoms with Crippen LogP contribution in [0.15, 0.2) is 46.4 Å². The number of hydrogen-bond donors (Lipinski definition) is 2. The van der Waals surface area contributed by atoms with Gasteiger partial charge in [-0.15, -0.1) is 0 Å². The Bertz CT molecular complexity index is 1010. The van der Waals surface area contributed by atoms with Crippen LogP contribution in [0.3, 0.4) is 0 Å². The van der Waals surface area contributed by atoms with Crippen molar-refractivity contribution in [1.29, 1.82) is 5.26 Å². The van der Waals surface area contributed by atoms with E-state index >= 15 is 0 Å². The topological polar surface area (TPSA) is 118 Å². The highest BCUT2D eigenvalue weighted by atomic mass is 79.9. The van der Waals surface area contributed by atoms with Crippen molar-refractivity contribution < 1.29 is 28.9 Å². The van der Waals surface area contributed by atoms with Crippen molar-refractivity contribution in [3.05, 3.63) is 57.6 Å². The molecule has 1 amide bonds. The first kappa shape index (κ1) is 23.8. The second-order valence-electron chi connectivity index (χ2n) is 6.14. The van der Waals surface area contributed by atoms with Crippen molar-refractivity contribution in [3.8, 4) is 23.3 Å². The summed E-state index contributed by atoms with van der Waals surface area (Å²) in [7, 11) is 1.57. The third-order valence-electron chi connectivity index (χ3n) is 3.99. The molecule has 0 heterocycles. The van der Waals surface area contributed by atoms with Crippen LogP contribution in [-0.4, -0.2) is 37.3 Å². The van der Waals surface area contributed by atoms with Gasteiger partial charge in [0, 0.05) is 11.0 Å². The summed E-state index contributed by atoms with van der Waals surface area (Å²) in [5.74, 6) is -0.416. The molecule has 0 aromatic heterocycles. The Morgan fingerprint density at radius 1 is 1.19 bits per heavy atom. The smallest absolute Gasteiger partial charge is 0.341 e. The van der Waals surface area contributed by atoms with Gasteiger partial charge in [-0.1, -0.05) is 28.1 Å². The van der Waals surface area contributed by atoms with Crippen molar-refractivity contribution in [3.63, 3.8) is 0 Å².